The Labute approximate surface area is 154 Å². The van der Waals surface area contributed by atoms with Crippen molar-refractivity contribution in [3.63, 3.8) is 0 Å². The summed E-state index contributed by atoms with van der Waals surface area (Å²) in [7, 11) is 0. The third-order valence-electron chi connectivity index (χ3n) is 4.99. The molecule has 146 valence electrons. The quantitative estimate of drug-likeness (QED) is 0.734. The minimum atomic E-state index is -4.75. The molecular formula is C19H19F3O5. The van der Waals surface area contributed by atoms with Crippen molar-refractivity contribution in [2.24, 2.45) is 0 Å². The van der Waals surface area contributed by atoms with Gasteiger partial charge in [-0.25, -0.2) is 4.79 Å². The van der Waals surface area contributed by atoms with Crippen LogP contribution in [0.25, 0.3) is 6.08 Å². The van der Waals surface area contributed by atoms with Crippen LogP contribution < -0.4 is 4.74 Å². The fraction of sp³-hybridized carbons (Fsp3) is 0.526. The molecule has 3 aliphatic rings. The Hall–Kier alpha value is -2.06. The summed E-state index contributed by atoms with van der Waals surface area (Å²) in [5.41, 5.74) is 1.30. The van der Waals surface area contributed by atoms with E-state index in [1.165, 1.54) is 6.08 Å². The lowest BCUT2D eigenvalue weighted by atomic mass is 9.97. The number of halogens is 3. The van der Waals surface area contributed by atoms with Gasteiger partial charge in [-0.1, -0.05) is 11.6 Å². The highest BCUT2D eigenvalue weighted by atomic mass is 19.4. The highest BCUT2D eigenvalue weighted by molar-refractivity contribution is 5.96. The van der Waals surface area contributed by atoms with Crippen LogP contribution in [0.2, 0.25) is 0 Å². The second-order valence-corrected chi connectivity index (χ2v) is 7.08. The predicted molar refractivity (Wildman–Crippen MR) is 88.3 cm³/mol. The molecule has 4 atom stereocenters. The summed E-state index contributed by atoms with van der Waals surface area (Å²) < 4.78 is 62.2. The fourth-order valence-electron chi connectivity index (χ4n) is 3.83. The highest BCUT2D eigenvalue weighted by Gasteiger charge is 2.51. The van der Waals surface area contributed by atoms with Gasteiger partial charge in [0.05, 0.1) is 18.3 Å². The number of hydrogen-bond donors (Lipinski definition) is 0. The molecule has 27 heavy (non-hydrogen) atoms. The Bertz CT molecular complexity index is 801. The van der Waals surface area contributed by atoms with Crippen LogP contribution >= 0.6 is 0 Å². The molecule has 0 aliphatic carbocycles. The number of aryl methyl sites for hydroxylation is 2. The summed E-state index contributed by atoms with van der Waals surface area (Å²) in [5.74, 6) is -0.935. The average Bonchev–Trinajstić information content (AvgIpc) is 3.17. The minimum Gasteiger partial charge on any atom is -0.475 e. The van der Waals surface area contributed by atoms with Gasteiger partial charge in [-0.2, -0.15) is 13.2 Å². The van der Waals surface area contributed by atoms with Crippen molar-refractivity contribution in [1.82, 2.24) is 0 Å². The average molecular weight is 384 g/mol. The van der Waals surface area contributed by atoms with Gasteiger partial charge in [0.1, 0.15) is 11.9 Å². The lowest BCUT2D eigenvalue weighted by Crippen LogP contribution is -2.42. The number of benzene rings is 1. The van der Waals surface area contributed by atoms with Gasteiger partial charge in [0.15, 0.2) is 6.10 Å². The standard InChI is InChI=1S/C19H19F3O5/c1-9-5-10(2)15-11(6-9)7-12(17(27-15)19(20,21)22)18(23)26-14-8-25-13-3-4-24-16(13)14/h5-7,13-14,16-17H,3-4,8H2,1-2H3. The fourth-order valence-corrected chi connectivity index (χ4v) is 3.83. The van der Waals surface area contributed by atoms with Crippen molar-refractivity contribution in [2.45, 2.75) is 50.9 Å². The van der Waals surface area contributed by atoms with Gasteiger partial charge in [0.25, 0.3) is 0 Å². The lowest BCUT2D eigenvalue weighted by molar-refractivity contribution is -0.189. The van der Waals surface area contributed by atoms with Gasteiger partial charge in [0, 0.05) is 12.2 Å². The predicted octanol–water partition coefficient (Wildman–Crippen LogP) is 3.11. The van der Waals surface area contributed by atoms with E-state index < -0.39 is 36.0 Å². The molecule has 0 N–H and O–H groups in total. The van der Waals surface area contributed by atoms with E-state index in [2.05, 4.69) is 0 Å². The zero-order valence-corrected chi connectivity index (χ0v) is 14.8. The normalized spacial score (nSPS) is 29.6. The number of rotatable bonds is 2. The first-order valence-corrected chi connectivity index (χ1v) is 8.74. The third kappa shape index (κ3) is 3.32. The SMILES string of the molecule is Cc1cc(C)c2c(c1)C=C(C(=O)OC1COC3CCOC31)C(C(F)(F)F)O2. The van der Waals surface area contributed by atoms with E-state index >= 15 is 0 Å². The molecule has 3 heterocycles. The Morgan fingerprint density at radius 2 is 2.00 bits per heavy atom. The molecule has 3 aliphatic heterocycles. The number of fused-ring (bicyclic) bond motifs is 2. The Morgan fingerprint density at radius 3 is 2.74 bits per heavy atom. The number of hydrogen-bond acceptors (Lipinski definition) is 5. The molecule has 1 aromatic rings. The number of alkyl halides is 3. The zero-order valence-electron chi connectivity index (χ0n) is 14.8. The maximum Gasteiger partial charge on any atom is 0.430 e. The van der Waals surface area contributed by atoms with Gasteiger partial charge in [0.2, 0.25) is 6.10 Å². The first-order chi connectivity index (χ1) is 12.7. The molecule has 0 radical (unpaired) electrons. The van der Waals surface area contributed by atoms with Crippen molar-refractivity contribution in [3.8, 4) is 5.75 Å². The van der Waals surface area contributed by atoms with Crippen LogP contribution in [0.5, 0.6) is 5.75 Å². The number of ether oxygens (including phenoxy) is 4. The van der Waals surface area contributed by atoms with E-state index in [1.54, 1.807) is 19.1 Å². The topological polar surface area (TPSA) is 54.0 Å². The van der Waals surface area contributed by atoms with Crippen LogP contribution in [0, 0.1) is 13.8 Å². The molecule has 0 saturated carbocycles. The molecule has 8 heteroatoms. The molecule has 4 rings (SSSR count). The molecule has 0 spiro atoms. The summed E-state index contributed by atoms with van der Waals surface area (Å²) in [6, 6.07) is 3.41. The number of esters is 1. The van der Waals surface area contributed by atoms with Crippen molar-refractivity contribution >= 4 is 12.0 Å². The zero-order chi connectivity index (χ0) is 19.3. The van der Waals surface area contributed by atoms with Crippen LogP contribution in [0.3, 0.4) is 0 Å². The Morgan fingerprint density at radius 1 is 1.22 bits per heavy atom. The van der Waals surface area contributed by atoms with E-state index in [0.29, 0.717) is 24.2 Å². The molecule has 0 bridgehead atoms. The van der Waals surface area contributed by atoms with Crippen LogP contribution in [-0.4, -0.2) is 49.8 Å². The van der Waals surface area contributed by atoms with Crippen LogP contribution in [0.1, 0.15) is 23.1 Å². The van der Waals surface area contributed by atoms with E-state index in [0.717, 1.165) is 5.56 Å². The smallest absolute Gasteiger partial charge is 0.430 e. The molecule has 0 aromatic heterocycles. The van der Waals surface area contributed by atoms with E-state index in [1.807, 2.05) is 6.92 Å². The highest BCUT2D eigenvalue weighted by Crippen LogP contribution is 2.40. The van der Waals surface area contributed by atoms with E-state index in [4.69, 9.17) is 18.9 Å². The monoisotopic (exact) mass is 384 g/mol. The molecule has 1 aromatic carbocycles. The van der Waals surface area contributed by atoms with Crippen molar-refractivity contribution in [2.75, 3.05) is 13.2 Å². The Balaban J connectivity index is 1.64. The van der Waals surface area contributed by atoms with Crippen molar-refractivity contribution < 1.29 is 36.9 Å². The molecule has 4 unspecified atom stereocenters. The number of carbonyl (C=O) groups is 1. The largest absolute Gasteiger partial charge is 0.475 e. The maximum absolute atomic E-state index is 13.6. The van der Waals surface area contributed by atoms with Crippen molar-refractivity contribution in [1.29, 1.82) is 0 Å². The molecule has 2 fully saturated rings. The summed E-state index contributed by atoms with van der Waals surface area (Å²) >= 11 is 0. The van der Waals surface area contributed by atoms with Gasteiger partial charge in [-0.3, -0.25) is 0 Å². The second kappa shape index (κ2) is 6.53. The second-order valence-electron chi connectivity index (χ2n) is 7.08. The first-order valence-electron chi connectivity index (χ1n) is 8.74. The maximum atomic E-state index is 13.6. The van der Waals surface area contributed by atoms with E-state index in [-0.39, 0.29) is 18.5 Å². The summed E-state index contributed by atoms with van der Waals surface area (Å²) in [6.07, 6.45) is -6.56. The van der Waals surface area contributed by atoms with Crippen LogP contribution in [0.4, 0.5) is 13.2 Å². The molecular weight excluding hydrogens is 365 g/mol. The third-order valence-corrected chi connectivity index (χ3v) is 4.99. The summed E-state index contributed by atoms with van der Waals surface area (Å²) in [5, 5.41) is 0. The minimum absolute atomic E-state index is 0.112. The summed E-state index contributed by atoms with van der Waals surface area (Å²) in [4.78, 5) is 12.6. The molecule has 0 amide bonds. The molecule has 5 nitrogen and oxygen atoms in total. The van der Waals surface area contributed by atoms with Gasteiger partial charge in [-0.15, -0.1) is 0 Å². The first kappa shape index (κ1) is 18.3. The Kier molecular flexibility index (Phi) is 4.43. The van der Waals surface area contributed by atoms with Gasteiger partial charge in [-0.05, 0) is 38.0 Å². The van der Waals surface area contributed by atoms with Crippen LogP contribution in [-0.2, 0) is 19.0 Å². The van der Waals surface area contributed by atoms with Gasteiger partial charge < -0.3 is 18.9 Å². The van der Waals surface area contributed by atoms with Crippen molar-refractivity contribution in [3.05, 3.63) is 34.4 Å². The summed E-state index contributed by atoms with van der Waals surface area (Å²) in [6.45, 7) is 4.08. The van der Waals surface area contributed by atoms with E-state index in [9.17, 15) is 18.0 Å². The molecule has 2 saturated heterocycles. The van der Waals surface area contributed by atoms with Gasteiger partial charge >= 0.3 is 12.1 Å². The number of carbonyl (C=O) groups excluding carboxylic acids is 1. The van der Waals surface area contributed by atoms with Crippen LogP contribution in [0.15, 0.2) is 17.7 Å². The lowest BCUT2D eigenvalue weighted by Gasteiger charge is -2.29.